The third-order valence-electron chi connectivity index (χ3n) is 3.15. The van der Waals surface area contributed by atoms with Crippen molar-refractivity contribution >= 4 is 6.09 Å². The van der Waals surface area contributed by atoms with Crippen molar-refractivity contribution < 1.29 is 9.53 Å². The SMILES string of the molecule is CC(CN)(NC(=O)Oc1ccccc1)c1ccccc1. The first-order valence-electron chi connectivity index (χ1n) is 6.45. The van der Waals surface area contributed by atoms with Crippen molar-refractivity contribution in [3.8, 4) is 5.75 Å². The second-order valence-corrected chi connectivity index (χ2v) is 4.73. The zero-order chi connectivity index (χ0) is 14.4. The normalized spacial score (nSPS) is 13.3. The van der Waals surface area contributed by atoms with Gasteiger partial charge in [0.2, 0.25) is 0 Å². The van der Waals surface area contributed by atoms with E-state index in [0.717, 1.165) is 5.56 Å². The Labute approximate surface area is 118 Å². The highest BCUT2D eigenvalue weighted by Gasteiger charge is 2.27. The van der Waals surface area contributed by atoms with Crippen molar-refractivity contribution in [3.05, 3.63) is 66.2 Å². The van der Waals surface area contributed by atoms with Crippen molar-refractivity contribution in [2.24, 2.45) is 5.73 Å². The van der Waals surface area contributed by atoms with Gasteiger partial charge in [0.25, 0.3) is 0 Å². The summed E-state index contributed by atoms with van der Waals surface area (Å²) < 4.78 is 5.23. The van der Waals surface area contributed by atoms with Gasteiger partial charge in [0.1, 0.15) is 5.75 Å². The molecule has 0 heterocycles. The Morgan fingerprint density at radius 2 is 1.65 bits per heavy atom. The lowest BCUT2D eigenvalue weighted by molar-refractivity contribution is 0.187. The molecule has 0 saturated heterocycles. The molecule has 0 aliphatic carbocycles. The predicted octanol–water partition coefficient (Wildman–Crippen LogP) is 2.65. The lowest BCUT2D eigenvalue weighted by Crippen LogP contribution is -2.49. The largest absolute Gasteiger partial charge is 0.413 e. The fraction of sp³-hybridized carbons (Fsp3) is 0.188. The monoisotopic (exact) mass is 270 g/mol. The second kappa shape index (κ2) is 6.21. The van der Waals surface area contributed by atoms with Crippen LogP contribution in [0.1, 0.15) is 12.5 Å². The van der Waals surface area contributed by atoms with Crippen LogP contribution < -0.4 is 15.8 Å². The average molecular weight is 270 g/mol. The number of nitrogens with two attached hydrogens (primary N) is 1. The van der Waals surface area contributed by atoms with E-state index in [4.69, 9.17) is 10.5 Å². The Balaban J connectivity index is 2.08. The first kappa shape index (κ1) is 14.1. The summed E-state index contributed by atoms with van der Waals surface area (Å²) in [6.07, 6.45) is -0.520. The summed E-state index contributed by atoms with van der Waals surface area (Å²) in [6.45, 7) is 2.15. The Bertz CT molecular complexity index is 557. The highest BCUT2D eigenvalue weighted by Crippen LogP contribution is 2.19. The van der Waals surface area contributed by atoms with Crippen LogP contribution in [0.3, 0.4) is 0 Å². The molecule has 0 aliphatic rings. The van der Waals surface area contributed by atoms with E-state index in [1.807, 2.05) is 55.5 Å². The summed E-state index contributed by atoms with van der Waals surface area (Å²) in [7, 11) is 0. The highest BCUT2D eigenvalue weighted by atomic mass is 16.6. The molecule has 0 aromatic heterocycles. The topological polar surface area (TPSA) is 64.3 Å². The van der Waals surface area contributed by atoms with Gasteiger partial charge in [0, 0.05) is 6.54 Å². The lowest BCUT2D eigenvalue weighted by atomic mass is 9.92. The van der Waals surface area contributed by atoms with Gasteiger partial charge in [-0.15, -0.1) is 0 Å². The van der Waals surface area contributed by atoms with E-state index in [0.29, 0.717) is 5.75 Å². The standard InChI is InChI=1S/C16H18N2O2/c1-16(12-17,13-8-4-2-5-9-13)18-15(19)20-14-10-6-3-7-11-14/h2-11H,12,17H2,1H3,(H,18,19). The number of rotatable bonds is 4. The van der Waals surface area contributed by atoms with Crippen LogP contribution in [0.5, 0.6) is 5.75 Å². The van der Waals surface area contributed by atoms with E-state index in [2.05, 4.69) is 5.32 Å². The van der Waals surface area contributed by atoms with Crippen LogP contribution in [0.2, 0.25) is 0 Å². The van der Waals surface area contributed by atoms with Gasteiger partial charge in [-0.1, -0.05) is 48.5 Å². The van der Waals surface area contributed by atoms with Crippen molar-refractivity contribution in [1.82, 2.24) is 5.32 Å². The molecule has 1 unspecified atom stereocenters. The van der Waals surface area contributed by atoms with Crippen LogP contribution in [-0.4, -0.2) is 12.6 Å². The first-order chi connectivity index (χ1) is 9.64. The summed E-state index contributed by atoms with van der Waals surface area (Å²) in [5, 5.41) is 2.82. The number of amides is 1. The minimum Gasteiger partial charge on any atom is -0.410 e. The third-order valence-corrected chi connectivity index (χ3v) is 3.15. The molecule has 0 radical (unpaired) electrons. The van der Waals surface area contributed by atoms with Crippen molar-refractivity contribution in [2.75, 3.05) is 6.54 Å². The molecule has 1 amide bonds. The molecule has 0 fully saturated rings. The summed E-state index contributed by atoms with van der Waals surface area (Å²) in [6, 6.07) is 18.5. The second-order valence-electron chi connectivity index (χ2n) is 4.73. The number of hydrogen-bond donors (Lipinski definition) is 2. The number of carbonyl (C=O) groups excluding carboxylic acids is 1. The molecule has 2 aromatic carbocycles. The summed E-state index contributed by atoms with van der Waals surface area (Å²) in [5.74, 6) is 0.498. The minimum atomic E-state index is -0.660. The fourth-order valence-corrected chi connectivity index (χ4v) is 1.89. The molecule has 4 heteroatoms. The molecule has 1 atom stereocenters. The average Bonchev–Trinajstić information content (AvgIpc) is 2.49. The maximum Gasteiger partial charge on any atom is 0.413 e. The van der Waals surface area contributed by atoms with Gasteiger partial charge in [0.05, 0.1) is 5.54 Å². The zero-order valence-electron chi connectivity index (χ0n) is 11.4. The molecule has 0 saturated carbocycles. The number of carbonyl (C=O) groups is 1. The van der Waals surface area contributed by atoms with E-state index < -0.39 is 11.6 Å². The predicted molar refractivity (Wildman–Crippen MR) is 78.5 cm³/mol. The quantitative estimate of drug-likeness (QED) is 0.897. The Hall–Kier alpha value is -2.33. The summed E-state index contributed by atoms with van der Waals surface area (Å²) >= 11 is 0. The number of hydrogen-bond acceptors (Lipinski definition) is 3. The van der Waals surface area contributed by atoms with Gasteiger partial charge < -0.3 is 15.8 Å². The third kappa shape index (κ3) is 3.36. The number of para-hydroxylation sites is 1. The minimum absolute atomic E-state index is 0.279. The van der Waals surface area contributed by atoms with Crippen LogP contribution in [-0.2, 0) is 5.54 Å². The first-order valence-corrected chi connectivity index (χ1v) is 6.45. The fourth-order valence-electron chi connectivity index (χ4n) is 1.89. The van der Waals surface area contributed by atoms with E-state index >= 15 is 0 Å². The van der Waals surface area contributed by atoms with Crippen LogP contribution in [0, 0.1) is 0 Å². The number of ether oxygens (including phenoxy) is 1. The molecule has 104 valence electrons. The molecule has 4 nitrogen and oxygen atoms in total. The van der Waals surface area contributed by atoms with Crippen LogP contribution >= 0.6 is 0 Å². The highest BCUT2D eigenvalue weighted by molar-refractivity contribution is 5.71. The van der Waals surface area contributed by atoms with Gasteiger partial charge in [-0.3, -0.25) is 0 Å². The summed E-state index contributed by atoms with van der Waals surface area (Å²) in [4.78, 5) is 12.0. The maximum atomic E-state index is 12.0. The van der Waals surface area contributed by atoms with Crippen LogP contribution in [0.25, 0.3) is 0 Å². The molecule has 0 spiro atoms. The summed E-state index contributed by atoms with van der Waals surface area (Å²) in [5.41, 5.74) is 6.09. The van der Waals surface area contributed by atoms with Crippen molar-refractivity contribution in [3.63, 3.8) is 0 Å². The Morgan fingerprint density at radius 1 is 1.10 bits per heavy atom. The van der Waals surface area contributed by atoms with Gasteiger partial charge in [-0.2, -0.15) is 0 Å². The van der Waals surface area contributed by atoms with Gasteiger partial charge in [0.15, 0.2) is 0 Å². The molecule has 20 heavy (non-hydrogen) atoms. The zero-order valence-corrected chi connectivity index (χ0v) is 11.4. The van der Waals surface area contributed by atoms with Crippen molar-refractivity contribution in [1.29, 1.82) is 0 Å². The van der Waals surface area contributed by atoms with Gasteiger partial charge in [-0.25, -0.2) is 4.79 Å². The molecular weight excluding hydrogens is 252 g/mol. The molecule has 0 bridgehead atoms. The molecule has 2 aromatic rings. The van der Waals surface area contributed by atoms with Gasteiger partial charge >= 0.3 is 6.09 Å². The van der Waals surface area contributed by atoms with Crippen LogP contribution in [0.4, 0.5) is 4.79 Å². The molecule has 2 rings (SSSR count). The molecular formula is C16H18N2O2. The van der Waals surface area contributed by atoms with Crippen molar-refractivity contribution in [2.45, 2.75) is 12.5 Å². The number of benzene rings is 2. The smallest absolute Gasteiger partial charge is 0.410 e. The Kier molecular flexibility index (Phi) is 4.38. The van der Waals surface area contributed by atoms with Gasteiger partial charge in [-0.05, 0) is 24.6 Å². The van der Waals surface area contributed by atoms with E-state index in [9.17, 15) is 4.79 Å². The Morgan fingerprint density at radius 3 is 2.20 bits per heavy atom. The van der Waals surface area contributed by atoms with E-state index in [-0.39, 0.29) is 6.54 Å². The van der Waals surface area contributed by atoms with E-state index in [1.165, 1.54) is 0 Å². The molecule has 0 aliphatic heterocycles. The van der Waals surface area contributed by atoms with E-state index in [1.54, 1.807) is 12.1 Å². The number of nitrogens with one attached hydrogen (secondary N) is 1. The maximum absolute atomic E-state index is 12.0. The lowest BCUT2D eigenvalue weighted by Gasteiger charge is -2.29. The van der Waals surface area contributed by atoms with Crippen LogP contribution in [0.15, 0.2) is 60.7 Å². The molecule has 3 N–H and O–H groups in total.